The summed E-state index contributed by atoms with van der Waals surface area (Å²) in [6.07, 6.45) is 0. The quantitative estimate of drug-likeness (QED) is 0.619. The molecule has 0 radical (unpaired) electrons. The van der Waals surface area contributed by atoms with Crippen molar-refractivity contribution in [2.45, 2.75) is 0 Å². The minimum Gasteiger partial charge on any atom is -0.412 e. The summed E-state index contributed by atoms with van der Waals surface area (Å²) in [7, 11) is 0. The summed E-state index contributed by atoms with van der Waals surface area (Å²) < 4.78 is 0. The van der Waals surface area contributed by atoms with E-state index in [2.05, 4.69) is 0 Å². The number of hydrogen-bond acceptors (Lipinski definition) is 1. The Labute approximate surface area is 82.6 Å². The number of halogens is 4. The molecule has 0 aliphatic heterocycles. The van der Waals surface area contributed by atoms with E-state index >= 15 is 0 Å². The molecule has 5 N–H and O–H groups in total. The van der Waals surface area contributed by atoms with Gasteiger partial charge in [0.15, 0.2) is 0 Å². The molecule has 0 aromatic carbocycles. The van der Waals surface area contributed by atoms with E-state index in [1.54, 1.807) is 0 Å². The molecule has 7 heavy (non-hydrogen) atoms. The second kappa shape index (κ2) is 112. The van der Waals surface area contributed by atoms with Crippen LogP contribution in [0.25, 0.3) is 0 Å². The summed E-state index contributed by atoms with van der Waals surface area (Å²) in [6.45, 7) is 0. The fraction of sp³-hybridized carbons (Fsp3) is 0. The van der Waals surface area contributed by atoms with Crippen LogP contribution in [0.2, 0.25) is 0 Å². The third-order valence-corrected chi connectivity index (χ3v) is 0. The molecule has 0 aliphatic rings. The Hall–Kier alpha value is 1.79. The van der Waals surface area contributed by atoms with Crippen LogP contribution in [0.1, 0.15) is 0 Å². The molecule has 0 spiro atoms. The molecule has 0 unspecified atom stereocenters. The van der Waals surface area contributed by atoms with E-state index in [1.165, 1.54) is 0 Å². The zero-order valence-electron chi connectivity index (χ0n) is 3.34. The zero-order valence-corrected chi connectivity index (χ0v) is 8.17. The number of rotatable bonds is 0. The smallest absolute Gasteiger partial charge is 0 e. The van der Waals surface area contributed by atoms with Gasteiger partial charge >= 0.3 is 0 Å². The molecule has 2 nitrogen and oxygen atoms in total. The van der Waals surface area contributed by atoms with E-state index in [0.29, 0.717) is 0 Å². The summed E-state index contributed by atoms with van der Waals surface area (Å²) >= 11 is 0. The van der Waals surface area contributed by atoms with Crippen molar-refractivity contribution in [1.82, 2.24) is 6.15 Å². The Bertz CT molecular complexity index is 11.7. The summed E-state index contributed by atoms with van der Waals surface area (Å²) in [6, 6.07) is 0. The van der Waals surface area contributed by atoms with Crippen LogP contribution in [0.3, 0.4) is 0 Å². The largest absolute Gasteiger partial charge is 0.412 e. The third-order valence-electron chi connectivity index (χ3n) is 0. The molecular formula is H9Cl4NOTi. The van der Waals surface area contributed by atoms with Crippen LogP contribution in [0.4, 0.5) is 0 Å². The predicted molar refractivity (Wildman–Crippen MR) is 37.6 cm³/mol. The first-order chi connectivity index (χ1) is 0. The van der Waals surface area contributed by atoms with E-state index < -0.39 is 0 Å². The topological polar surface area (TPSA) is 66.5 Å². The van der Waals surface area contributed by atoms with Gasteiger partial charge in [0.25, 0.3) is 0 Å². The van der Waals surface area contributed by atoms with Crippen molar-refractivity contribution in [2.24, 2.45) is 0 Å². The van der Waals surface area contributed by atoms with Gasteiger partial charge in [-0.25, -0.2) is 0 Å². The molecule has 0 aromatic heterocycles. The van der Waals surface area contributed by atoms with Crippen LogP contribution >= 0.6 is 49.6 Å². The van der Waals surface area contributed by atoms with E-state index in [9.17, 15) is 0 Å². The van der Waals surface area contributed by atoms with E-state index in [1.807, 2.05) is 0 Å². The Kier molecular flexibility index (Phi) is 2650. The molecule has 0 heterocycles. The molecular weight excluding hydrogens is 220 g/mol. The van der Waals surface area contributed by atoms with Gasteiger partial charge in [-0.15, -0.1) is 49.6 Å². The Morgan fingerprint density at radius 2 is 0.571 bits per heavy atom. The first-order valence-electron chi connectivity index (χ1n) is 0. The van der Waals surface area contributed by atoms with Crippen LogP contribution in [0.5, 0.6) is 0 Å². The normalized spacial score (nSPS) is 0. The van der Waals surface area contributed by atoms with Crippen molar-refractivity contribution in [3.05, 3.63) is 0 Å². The molecule has 0 rings (SSSR count). The van der Waals surface area contributed by atoms with Crippen molar-refractivity contribution >= 4 is 49.6 Å². The molecule has 0 amide bonds. The fourth-order valence-corrected chi connectivity index (χ4v) is 0. The Balaban J connectivity index is 0. The van der Waals surface area contributed by atoms with Gasteiger partial charge in [-0.05, 0) is 0 Å². The van der Waals surface area contributed by atoms with Gasteiger partial charge < -0.3 is 11.6 Å². The van der Waals surface area contributed by atoms with Crippen LogP contribution in [0.15, 0.2) is 0 Å². The molecule has 0 fully saturated rings. The molecule has 0 saturated heterocycles. The van der Waals surface area contributed by atoms with Crippen LogP contribution in [-0.2, 0) is 21.7 Å². The average Bonchev–Trinajstić information content (AvgIpc) is 0. The maximum atomic E-state index is 0. The second-order valence-corrected chi connectivity index (χ2v) is 0. The standard InChI is InChI=1S/4ClH.H3N.H2O.Ti/h4*1H;1H3;1H2;. The van der Waals surface area contributed by atoms with Crippen molar-refractivity contribution in [2.75, 3.05) is 0 Å². The van der Waals surface area contributed by atoms with E-state index in [0.717, 1.165) is 0 Å². The SMILES string of the molecule is Cl.Cl.Cl.Cl.N.O.[Ti]. The van der Waals surface area contributed by atoms with Crippen molar-refractivity contribution in [3.8, 4) is 0 Å². The molecule has 0 aliphatic carbocycles. The van der Waals surface area contributed by atoms with Crippen molar-refractivity contribution in [3.63, 3.8) is 0 Å². The minimum absolute atomic E-state index is 0. The van der Waals surface area contributed by atoms with Gasteiger partial charge in [0, 0.05) is 21.7 Å². The first kappa shape index (κ1) is 166. The Morgan fingerprint density at radius 3 is 0.571 bits per heavy atom. The Morgan fingerprint density at radius 1 is 0.571 bits per heavy atom. The van der Waals surface area contributed by atoms with Crippen molar-refractivity contribution < 1.29 is 27.2 Å². The van der Waals surface area contributed by atoms with Crippen LogP contribution in [-0.4, -0.2) is 5.48 Å². The third kappa shape index (κ3) is 81.3. The van der Waals surface area contributed by atoms with Gasteiger partial charge in [-0.1, -0.05) is 0 Å². The van der Waals surface area contributed by atoms with Gasteiger partial charge in [-0.3, -0.25) is 0 Å². The number of hydrogen-bond donors (Lipinski definition) is 1. The zero-order chi connectivity index (χ0) is 0. The molecule has 0 aromatic rings. The summed E-state index contributed by atoms with van der Waals surface area (Å²) in [5, 5.41) is 0. The average molecular weight is 229 g/mol. The van der Waals surface area contributed by atoms with Crippen molar-refractivity contribution in [1.29, 1.82) is 0 Å². The first-order valence-corrected chi connectivity index (χ1v) is 0. The van der Waals surface area contributed by atoms with E-state index in [-0.39, 0.29) is 83.0 Å². The molecule has 52 valence electrons. The van der Waals surface area contributed by atoms with Gasteiger partial charge in [-0.2, -0.15) is 0 Å². The maximum Gasteiger partial charge on any atom is 0 e. The van der Waals surface area contributed by atoms with Gasteiger partial charge in [0.2, 0.25) is 0 Å². The maximum absolute atomic E-state index is 0. The second-order valence-electron chi connectivity index (χ2n) is 0. The van der Waals surface area contributed by atoms with Crippen LogP contribution in [0, 0.1) is 0 Å². The summed E-state index contributed by atoms with van der Waals surface area (Å²) in [5.41, 5.74) is 0. The monoisotopic (exact) mass is 227 g/mol. The van der Waals surface area contributed by atoms with Gasteiger partial charge in [0.05, 0.1) is 0 Å². The molecule has 0 bridgehead atoms. The minimum atomic E-state index is 0. The van der Waals surface area contributed by atoms with E-state index in [4.69, 9.17) is 0 Å². The molecule has 0 atom stereocenters. The summed E-state index contributed by atoms with van der Waals surface area (Å²) in [5.74, 6) is 0. The molecule has 0 saturated carbocycles. The van der Waals surface area contributed by atoms with Crippen LogP contribution < -0.4 is 6.15 Å². The molecule has 7 heteroatoms. The predicted octanol–water partition coefficient (Wildman–Crippen LogP) is 1.02. The summed E-state index contributed by atoms with van der Waals surface area (Å²) in [4.78, 5) is 0. The fourth-order valence-electron chi connectivity index (χ4n) is 0. The van der Waals surface area contributed by atoms with Gasteiger partial charge in [0.1, 0.15) is 0 Å².